The third-order valence-corrected chi connectivity index (χ3v) is 7.14. The lowest BCUT2D eigenvalue weighted by Crippen LogP contribution is -2.26. The Morgan fingerprint density at radius 2 is 1.72 bits per heavy atom. The first-order valence-electron chi connectivity index (χ1n) is 9.11. The van der Waals surface area contributed by atoms with E-state index >= 15 is 0 Å². The quantitative estimate of drug-likeness (QED) is 0.557. The van der Waals surface area contributed by atoms with Crippen molar-refractivity contribution in [2.45, 2.75) is 37.6 Å². The van der Waals surface area contributed by atoms with Gasteiger partial charge in [0, 0.05) is 11.6 Å². The molecular formula is C20H22N4O3S2. The first-order valence-corrected chi connectivity index (χ1v) is 11.4. The van der Waals surface area contributed by atoms with Crippen molar-refractivity contribution in [1.82, 2.24) is 14.9 Å². The molecule has 3 rings (SSSR count). The summed E-state index contributed by atoms with van der Waals surface area (Å²) in [7, 11) is -3.86. The Hall–Kier alpha value is -2.62. The Morgan fingerprint density at radius 1 is 1.07 bits per heavy atom. The molecule has 1 unspecified atom stereocenters. The lowest BCUT2D eigenvalue weighted by Gasteiger charge is -2.13. The number of hydrogen-bond acceptors (Lipinski definition) is 6. The van der Waals surface area contributed by atoms with Crippen LogP contribution in [0.4, 0.5) is 5.13 Å². The first kappa shape index (κ1) is 21.1. The largest absolute Gasteiger partial charge is 0.296 e. The van der Waals surface area contributed by atoms with E-state index in [0.717, 1.165) is 28.9 Å². The first-order chi connectivity index (χ1) is 13.8. The summed E-state index contributed by atoms with van der Waals surface area (Å²) in [5.41, 5.74) is 3.53. The Morgan fingerprint density at radius 3 is 2.34 bits per heavy atom. The van der Waals surface area contributed by atoms with E-state index in [1.165, 1.54) is 5.56 Å². The Labute approximate surface area is 174 Å². The number of carbonyl (C=O) groups excluding carboxylic acids is 1. The molecule has 1 heterocycles. The second kappa shape index (κ2) is 8.81. The zero-order chi connectivity index (χ0) is 21.0. The van der Waals surface area contributed by atoms with Crippen molar-refractivity contribution < 1.29 is 13.2 Å². The zero-order valence-electron chi connectivity index (χ0n) is 16.3. The number of benzene rings is 2. The van der Waals surface area contributed by atoms with Gasteiger partial charge in [-0.1, -0.05) is 60.2 Å². The number of aryl methyl sites for hydroxylation is 2. The maximum absolute atomic E-state index is 12.6. The number of nitrogens with one attached hydrogen (secondary N) is 2. The predicted octanol–water partition coefficient (Wildman–Crippen LogP) is 3.70. The molecule has 1 aromatic heterocycles. The highest BCUT2D eigenvalue weighted by Gasteiger charge is 2.24. The minimum absolute atomic E-state index is 0.121. The molecule has 2 aromatic carbocycles. The van der Waals surface area contributed by atoms with Crippen molar-refractivity contribution >= 4 is 32.4 Å². The summed E-state index contributed by atoms with van der Waals surface area (Å²) in [6.07, 6.45) is 0.919. The van der Waals surface area contributed by atoms with Crippen molar-refractivity contribution in [2.24, 2.45) is 0 Å². The SMILES string of the molecule is CCc1ccc(C(C)NS(=O)(=O)c2nnc(NC(=O)c3ccc(C)cc3)s2)cc1. The van der Waals surface area contributed by atoms with Crippen LogP contribution in [-0.2, 0) is 16.4 Å². The van der Waals surface area contributed by atoms with Crippen LogP contribution in [0.25, 0.3) is 0 Å². The monoisotopic (exact) mass is 430 g/mol. The summed E-state index contributed by atoms with van der Waals surface area (Å²) < 4.78 is 27.7. The molecule has 0 aliphatic rings. The van der Waals surface area contributed by atoms with Crippen LogP contribution >= 0.6 is 11.3 Å². The summed E-state index contributed by atoms with van der Waals surface area (Å²) >= 11 is 0.805. The fourth-order valence-corrected chi connectivity index (χ4v) is 4.78. The number of carbonyl (C=O) groups is 1. The predicted molar refractivity (Wildman–Crippen MR) is 114 cm³/mol. The molecule has 1 amide bonds. The zero-order valence-corrected chi connectivity index (χ0v) is 18.0. The number of amides is 1. The maximum Gasteiger partial charge on any atom is 0.270 e. The van der Waals surface area contributed by atoms with Gasteiger partial charge in [0.05, 0.1) is 0 Å². The number of aromatic nitrogens is 2. The minimum Gasteiger partial charge on any atom is -0.296 e. The van der Waals surface area contributed by atoms with Crippen LogP contribution in [0, 0.1) is 6.92 Å². The summed E-state index contributed by atoms with van der Waals surface area (Å²) in [4.78, 5) is 12.3. The molecule has 1 atom stereocenters. The van der Waals surface area contributed by atoms with Crippen LogP contribution in [0.1, 0.15) is 46.9 Å². The van der Waals surface area contributed by atoms with E-state index in [2.05, 4.69) is 27.2 Å². The van der Waals surface area contributed by atoms with Gasteiger partial charge in [-0.05, 0) is 43.5 Å². The molecule has 152 valence electrons. The van der Waals surface area contributed by atoms with Crippen LogP contribution in [0.3, 0.4) is 0 Å². The second-order valence-electron chi connectivity index (χ2n) is 6.63. The van der Waals surface area contributed by atoms with Gasteiger partial charge in [0.2, 0.25) is 9.47 Å². The Bertz CT molecular complexity index is 1090. The van der Waals surface area contributed by atoms with Crippen LogP contribution in [0.5, 0.6) is 0 Å². The fraction of sp³-hybridized carbons (Fsp3) is 0.250. The van der Waals surface area contributed by atoms with Crippen LogP contribution < -0.4 is 10.0 Å². The van der Waals surface area contributed by atoms with E-state index in [1.54, 1.807) is 19.1 Å². The smallest absolute Gasteiger partial charge is 0.270 e. The molecule has 0 radical (unpaired) electrons. The average molecular weight is 431 g/mol. The number of sulfonamides is 1. The van der Waals surface area contributed by atoms with Crippen LogP contribution in [0.2, 0.25) is 0 Å². The van der Waals surface area contributed by atoms with E-state index < -0.39 is 16.1 Å². The number of nitrogens with zero attached hydrogens (tertiary/aromatic N) is 2. The summed E-state index contributed by atoms with van der Waals surface area (Å²) in [5.74, 6) is -0.373. The minimum atomic E-state index is -3.86. The standard InChI is InChI=1S/C20H22N4O3S2/c1-4-15-7-11-16(12-8-15)14(3)24-29(26,27)20-23-22-19(28-20)21-18(25)17-9-5-13(2)6-10-17/h5-12,14,24H,4H2,1-3H3,(H,21,22,25). The van der Waals surface area contributed by atoms with Crippen LogP contribution in [-0.4, -0.2) is 24.5 Å². The molecule has 0 spiro atoms. The van der Waals surface area contributed by atoms with Crippen molar-refractivity contribution in [3.63, 3.8) is 0 Å². The van der Waals surface area contributed by atoms with E-state index in [9.17, 15) is 13.2 Å². The molecule has 9 heteroatoms. The van der Waals surface area contributed by atoms with Gasteiger partial charge in [-0.15, -0.1) is 10.2 Å². The number of hydrogen-bond donors (Lipinski definition) is 2. The molecule has 29 heavy (non-hydrogen) atoms. The molecule has 2 N–H and O–H groups in total. The van der Waals surface area contributed by atoms with Gasteiger partial charge >= 0.3 is 0 Å². The highest BCUT2D eigenvalue weighted by atomic mass is 32.2. The number of rotatable bonds is 7. The molecule has 0 bridgehead atoms. The van der Waals surface area contributed by atoms with Crippen LogP contribution in [0.15, 0.2) is 52.9 Å². The molecule has 0 fully saturated rings. The third-order valence-electron chi connectivity index (χ3n) is 4.39. The van der Waals surface area contributed by atoms with Gasteiger partial charge in [-0.3, -0.25) is 10.1 Å². The van der Waals surface area contributed by atoms with E-state index in [4.69, 9.17) is 0 Å². The topological polar surface area (TPSA) is 101 Å². The summed E-state index contributed by atoms with van der Waals surface area (Å²) in [6, 6.07) is 14.4. The average Bonchev–Trinajstić information content (AvgIpc) is 3.17. The van der Waals surface area contributed by atoms with Gasteiger partial charge in [0.1, 0.15) is 0 Å². The van der Waals surface area contributed by atoms with Crippen molar-refractivity contribution in [3.05, 3.63) is 70.8 Å². The Balaban J connectivity index is 1.69. The van der Waals surface area contributed by atoms with Crippen molar-refractivity contribution in [2.75, 3.05) is 5.32 Å². The molecule has 0 saturated carbocycles. The molecule has 0 aliphatic carbocycles. The van der Waals surface area contributed by atoms with Gasteiger partial charge in [-0.25, -0.2) is 13.1 Å². The number of anilines is 1. The second-order valence-corrected chi connectivity index (χ2v) is 9.50. The lowest BCUT2D eigenvalue weighted by atomic mass is 10.1. The highest BCUT2D eigenvalue weighted by Crippen LogP contribution is 2.23. The van der Waals surface area contributed by atoms with Gasteiger partial charge < -0.3 is 0 Å². The van der Waals surface area contributed by atoms with E-state index in [0.29, 0.717) is 5.56 Å². The molecule has 0 aliphatic heterocycles. The fourth-order valence-electron chi connectivity index (χ4n) is 2.64. The van der Waals surface area contributed by atoms with E-state index in [1.807, 2.05) is 43.3 Å². The molecule has 0 saturated heterocycles. The Kier molecular flexibility index (Phi) is 6.41. The third kappa shape index (κ3) is 5.26. The van der Waals surface area contributed by atoms with Crippen molar-refractivity contribution in [1.29, 1.82) is 0 Å². The molecule has 3 aromatic rings. The van der Waals surface area contributed by atoms with Gasteiger partial charge in [0.15, 0.2) is 0 Å². The summed E-state index contributed by atoms with van der Waals surface area (Å²) in [6.45, 7) is 5.75. The molecular weight excluding hydrogens is 408 g/mol. The van der Waals surface area contributed by atoms with Gasteiger partial charge in [-0.2, -0.15) is 0 Å². The highest BCUT2D eigenvalue weighted by molar-refractivity contribution is 7.91. The normalized spacial score (nSPS) is 12.5. The maximum atomic E-state index is 12.6. The molecule has 7 nitrogen and oxygen atoms in total. The summed E-state index contributed by atoms with van der Waals surface area (Å²) in [5, 5.41) is 10.2. The lowest BCUT2D eigenvalue weighted by molar-refractivity contribution is 0.102. The van der Waals surface area contributed by atoms with Gasteiger partial charge in [0.25, 0.3) is 15.9 Å². The van der Waals surface area contributed by atoms with Crippen molar-refractivity contribution in [3.8, 4) is 0 Å². The van der Waals surface area contributed by atoms with E-state index in [-0.39, 0.29) is 15.4 Å².